The van der Waals surface area contributed by atoms with Crippen LogP contribution < -0.4 is 15.8 Å². The summed E-state index contributed by atoms with van der Waals surface area (Å²) < 4.78 is 5.87. The van der Waals surface area contributed by atoms with E-state index >= 15 is 0 Å². The van der Waals surface area contributed by atoms with Crippen LogP contribution in [0, 0.1) is 0 Å². The van der Waals surface area contributed by atoms with E-state index in [1.165, 1.54) is 23.1 Å². The first-order chi connectivity index (χ1) is 12.7. The van der Waals surface area contributed by atoms with E-state index in [0.29, 0.717) is 9.47 Å². The second kappa shape index (κ2) is 8.63. The molecular weight excluding hydrogens is 370 g/mol. The van der Waals surface area contributed by atoms with Crippen LogP contribution in [0.15, 0.2) is 53.1 Å². The standard InChI is InChI=1S/C17H17N5O2S2/c1-24-13-4-2-11(3-5-13)15(12-6-8-19-9-7-12)20-14(23)10-25-17-22-21-16(18)26-17/h2-9,15H,10H2,1H3,(H2,18,21)(H,20,23)/t15-/m1/s1. The average Bonchev–Trinajstić information content (AvgIpc) is 3.10. The van der Waals surface area contributed by atoms with E-state index in [4.69, 9.17) is 10.5 Å². The molecule has 1 amide bonds. The molecule has 0 saturated carbocycles. The number of carbonyl (C=O) groups is 1. The molecule has 0 saturated heterocycles. The maximum Gasteiger partial charge on any atom is 0.231 e. The number of hydrogen-bond donors (Lipinski definition) is 2. The van der Waals surface area contributed by atoms with E-state index < -0.39 is 0 Å². The lowest BCUT2D eigenvalue weighted by molar-refractivity contribution is -0.119. The monoisotopic (exact) mass is 387 g/mol. The van der Waals surface area contributed by atoms with Crippen LogP contribution in [-0.2, 0) is 4.79 Å². The topological polar surface area (TPSA) is 103 Å². The first kappa shape index (κ1) is 18.2. The number of anilines is 1. The van der Waals surface area contributed by atoms with Crippen molar-refractivity contribution in [2.45, 2.75) is 10.4 Å². The minimum Gasteiger partial charge on any atom is -0.497 e. The number of methoxy groups -OCH3 is 1. The first-order valence-corrected chi connectivity index (χ1v) is 9.51. The minimum atomic E-state index is -0.281. The van der Waals surface area contributed by atoms with Crippen molar-refractivity contribution in [3.05, 3.63) is 59.9 Å². The molecule has 2 aromatic heterocycles. The van der Waals surface area contributed by atoms with Crippen LogP contribution in [0.2, 0.25) is 0 Å². The van der Waals surface area contributed by atoms with Gasteiger partial charge in [0, 0.05) is 12.4 Å². The Hall–Kier alpha value is -2.65. The van der Waals surface area contributed by atoms with Gasteiger partial charge in [0.15, 0.2) is 4.34 Å². The Morgan fingerprint density at radius 2 is 1.88 bits per heavy atom. The Morgan fingerprint density at radius 1 is 1.19 bits per heavy atom. The van der Waals surface area contributed by atoms with Crippen LogP contribution in [0.4, 0.5) is 5.13 Å². The van der Waals surface area contributed by atoms with E-state index in [2.05, 4.69) is 20.5 Å². The summed E-state index contributed by atoms with van der Waals surface area (Å²) >= 11 is 2.57. The first-order valence-electron chi connectivity index (χ1n) is 7.70. The van der Waals surface area contributed by atoms with Crippen molar-refractivity contribution >= 4 is 34.1 Å². The lowest BCUT2D eigenvalue weighted by atomic mass is 9.99. The fraction of sp³-hybridized carbons (Fsp3) is 0.176. The molecule has 0 aliphatic rings. The third-order valence-corrected chi connectivity index (χ3v) is 5.43. The van der Waals surface area contributed by atoms with Crippen LogP contribution in [0.1, 0.15) is 17.2 Å². The van der Waals surface area contributed by atoms with Gasteiger partial charge >= 0.3 is 0 Å². The summed E-state index contributed by atoms with van der Waals surface area (Å²) in [6.45, 7) is 0. The number of hydrogen-bond acceptors (Lipinski definition) is 8. The smallest absolute Gasteiger partial charge is 0.231 e. The Labute approximate surface area is 159 Å². The number of carbonyl (C=O) groups excluding carboxylic acids is 1. The number of amides is 1. The molecular formula is C17H17N5O2S2. The van der Waals surface area contributed by atoms with Crippen molar-refractivity contribution in [2.24, 2.45) is 0 Å². The van der Waals surface area contributed by atoms with Gasteiger partial charge in [0.05, 0.1) is 18.9 Å². The van der Waals surface area contributed by atoms with E-state index in [0.717, 1.165) is 16.9 Å². The average molecular weight is 387 g/mol. The molecule has 7 nitrogen and oxygen atoms in total. The molecule has 0 unspecified atom stereocenters. The van der Waals surface area contributed by atoms with Crippen LogP contribution in [0.5, 0.6) is 5.75 Å². The van der Waals surface area contributed by atoms with E-state index in [-0.39, 0.29) is 17.7 Å². The highest BCUT2D eigenvalue weighted by Gasteiger charge is 2.17. The normalized spacial score (nSPS) is 11.7. The van der Waals surface area contributed by atoms with Crippen molar-refractivity contribution in [1.29, 1.82) is 0 Å². The minimum absolute atomic E-state index is 0.110. The Balaban J connectivity index is 1.73. The molecule has 1 atom stereocenters. The molecule has 3 N–H and O–H groups in total. The second-order valence-corrected chi connectivity index (χ2v) is 7.48. The van der Waals surface area contributed by atoms with Crippen LogP contribution in [0.25, 0.3) is 0 Å². The lowest BCUT2D eigenvalue weighted by Gasteiger charge is -2.20. The van der Waals surface area contributed by atoms with Crippen LogP contribution in [0.3, 0.4) is 0 Å². The molecule has 0 aliphatic heterocycles. The molecule has 3 rings (SSSR count). The predicted octanol–water partition coefficient (Wildman–Crippen LogP) is 2.52. The number of nitrogens with zero attached hydrogens (tertiary/aromatic N) is 3. The summed E-state index contributed by atoms with van der Waals surface area (Å²) in [5.74, 6) is 0.881. The summed E-state index contributed by atoms with van der Waals surface area (Å²) in [6.07, 6.45) is 3.41. The highest BCUT2D eigenvalue weighted by Crippen LogP contribution is 2.26. The van der Waals surface area contributed by atoms with Crippen molar-refractivity contribution in [1.82, 2.24) is 20.5 Å². The lowest BCUT2D eigenvalue weighted by Crippen LogP contribution is -2.30. The summed E-state index contributed by atoms with van der Waals surface area (Å²) in [6, 6.07) is 11.1. The van der Waals surface area contributed by atoms with E-state index in [1.54, 1.807) is 19.5 Å². The molecule has 0 aliphatic carbocycles. The Bertz CT molecular complexity index is 855. The van der Waals surface area contributed by atoms with Crippen molar-refractivity contribution in [3.63, 3.8) is 0 Å². The third kappa shape index (κ3) is 4.70. The van der Waals surface area contributed by atoms with E-state index in [1.807, 2.05) is 36.4 Å². The molecule has 134 valence electrons. The van der Waals surface area contributed by atoms with Gasteiger partial charge < -0.3 is 15.8 Å². The van der Waals surface area contributed by atoms with Gasteiger partial charge in [0.25, 0.3) is 0 Å². The van der Waals surface area contributed by atoms with Gasteiger partial charge in [0.2, 0.25) is 11.0 Å². The Morgan fingerprint density at radius 3 is 2.50 bits per heavy atom. The number of nitrogens with two attached hydrogens (primary N) is 1. The molecule has 0 bridgehead atoms. The summed E-state index contributed by atoms with van der Waals surface area (Å²) in [5.41, 5.74) is 7.46. The van der Waals surface area contributed by atoms with Gasteiger partial charge in [-0.3, -0.25) is 9.78 Å². The number of rotatable bonds is 7. The number of aromatic nitrogens is 3. The van der Waals surface area contributed by atoms with Crippen molar-refractivity contribution in [3.8, 4) is 5.75 Å². The molecule has 26 heavy (non-hydrogen) atoms. The second-order valence-electron chi connectivity index (χ2n) is 5.25. The van der Waals surface area contributed by atoms with E-state index in [9.17, 15) is 4.79 Å². The maximum atomic E-state index is 12.5. The molecule has 0 fully saturated rings. The van der Waals surface area contributed by atoms with Crippen molar-refractivity contribution < 1.29 is 9.53 Å². The SMILES string of the molecule is COc1ccc([C@@H](NC(=O)CSc2nnc(N)s2)c2ccncc2)cc1. The quantitative estimate of drug-likeness (QED) is 0.600. The summed E-state index contributed by atoms with van der Waals surface area (Å²) in [7, 11) is 1.62. The Kier molecular flexibility index (Phi) is 6.03. The number of nitrogen functional groups attached to an aromatic ring is 1. The van der Waals surface area contributed by atoms with Gasteiger partial charge in [0.1, 0.15) is 5.75 Å². The van der Waals surface area contributed by atoms with Gasteiger partial charge in [-0.1, -0.05) is 35.2 Å². The molecule has 0 spiro atoms. The highest BCUT2D eigenvalue weighted by atomic mass is 32.2. The van der Waals surface area contributed by atoms with Crippen molar-refractivity contribution in [2.75, 3.05) is 18.6 Å². The summed E-state index contributed by atoms with van der Waals surface area (Å²) in [5, 5.41) is 11.1. The van der Waals surface area contributed by atoms with Gasteiger partial charge in [-0.05, 0) is 35.4 Å². The molecule has 1 aromatic carbocycles. The van der Waals surface area contributed by atoms with Crippen LogP contribution in [-0.4, -0.2) is 34.0 Å². The third-order valence-electron chi connectivity index (χ3n) is 3.54. The molecule has 3 aromatic rings. The number of nitrogens with one attached hydrogen (secondary N) is 1. The predicted molar refractivity (Wildman–Crippen MR) is 102 cm³/mol. The number of ether oxygens (including phenoxy) is 1. The highest BCUT2D eigenvalue weighted by molar-refractivity contribution is 8.01. The number of pyridine rings is 1. The zero-order valence-corrected chi connectivity index (χ0v) is 15.6. The molecule has 2 heterocycles. The number of thioether (sulfide) groups is 1. The van der Waals surface area contributed by atoms with Gasteiger partial charge in [-0.15, -0.1) is 10.2 Å². The maximum absolute atomic E-state index is 12.5. The van der Waals surface area contributed by atoms with Gasteiger partial charge in [-0.25, -0.2) is 0 Å². The largest absolute Gasteiger partial charge is 0.497 e. The fourth-order valence-electron chi connectivity index (χ4n) is 2.32. The van der Waals surface area contributed by atoms with Crippen LogP contribution >= 0.6 is 23.1 Å². The molecule has 9 heteroatoms. The molecule has 0 radical (unpaired) electrons. The number of benzene rings is 1. The summed E-state index contributed by atoms with van der Waals surface area (Å²) in [4.78, 5) is 16.5. The zero-order chi connectivity index (χ0) is 18.4. The zero-order valence-electron chi connectivity index (χ0n) is 14.0. The fourth-order valence-corrected chi connectivity index (χ4v) is 3.77. The van der Waals surface area contributed by atoms with Gasteiger partial charge in [-0.2, -0.15) is 0 Å².